The molecule has 1 aromatic carbocycles. The second-order valence-electron chi connectivity index (χ2n) is 3.22. The summed E-state index contributed by atoms with van der Waals surface area (Å²) in [5.41, 5.74) is 1.94. The molecular formula is C11H11NO2S. The standard InChI is InChI=1S/C11H11NO2S/c1-8(13)14-12-10-6-7-15-11-5-3-2-4-9(10)11/h2-5H,6-7H2,1H3. The molecule has 0 amide bonds. The van der Waals surface area contributed by atoms with E-state index in [1.165, 1.54) is 11.8 Å². The maximum Gasteiger partial charge on any atom is 0.331 e. The fourth-order valence-corrected chi connectivity index (χ4v) is 2.47. The number of rotatable bonds is 1. The molecule has 0 saturated carbocycles. The van der Waals surface area contributed by atoms with Crippen LogP contribution >= 0.6 is 11.8 Å². The van der Waals surface area contributed by atoms with Crippen molar-refractivity contribution in [3.63, 3.8) is 0 Å². The molecule has 0 N–H and O–H groups in total. The van der Waals surface area contributed by atoms with Crippen LogP contribution in [0.3, 0.4) is 0 Å². The number of carbonyl (C=O) groups excluding carboxylic acids is 1. The third kappa shape index (κ3) is 2.39. The highest BCUT2D eigenvalue weighted by molar-refractivity contribution is 7.99. The van der Waals surface area contributed by atoms with Crippen molar-refractivity contribution >= 4 is 23.4 Å². The van der Waals surface area contributed by atoms with Crippen molar-refractivity contribution in [3.8, 4) is 0 Å². The Labute approximate surface area is 92.5 Å². The van der Waals surface area contributed by atoms with Gasteiger partial charge in [0.1, 0.15) is 0 Å². The minimum absolute atomic E-state index is 0.377. The largest absolute Gasteiger partial charge is 0.331 e. The van der Waals surface area contributed by atoms with E-state index in [0.29, 0.717) is 0 Å². The molecule has 0 aromatic heterocycles. The van der Waals surface area contributed by atoms with Gasteiger partial charge in [-0.2, -0.15) is 0 Å². The van der Waals surface area contributed by atoms with Gasteiger partial charge in [0.15, 0.2) is 0 Å². The Morgan fingerprint density at radius 2 is 2.27 bits per heavy atom. The maximum atomic E-state index is 10.7. The Kier molecular flexibility index (Phi) is 3.06. The summed E-state index contributed by atoms with van der Waals surface area (Å²) in [5.74, 6) is 0.607. The Morgan fingerprint density at radius 3 is 3.07 bits per heavy atom. The molecular weight excluding hydrogens is 210 g/mol. The number of thioether (sulfide) groups is 1. The molecule has 0 spiro atoms. The molecule has 2 rings (SSSR count). The summed E-state index contributed by atoms with van der Waals surface area (Å²) in [4.78, 5) is 16.5. The molecule has 15 heavy (non-hydrogen) atoms. The first-order chi connectivity index (χ1) is 7.27. The summed E-state index contributed by atoms with van der Waals surface area (Å²) >= 11 is 1.81. The van der Waals surface area contributed by atoms with Crippen LogP contribution in [-0.2, 0) is 9.63 Å². The second kappa shape index (κ2) is 4.49. The normalized spacial score (nSPS) is 17.3. The minimum atomic E-state index is -0.377. The van der Waals surface area contributed by atoms with Gasteiger partial charge in [0.05, 0.1) is 5.71 Å². The average Bonchev–Trinajstić information content (AvgIpc) is 2.26. The number of benzene rings is 1. The van der Waals surface area contributed by atoms with Gasteiger partial charge in [0, 0.05) is 29.6 Å². The molecule has 1 aliphatic rings. The van der Waals surface area contributed by atoms with Crippen molar-refractivity contribution in [2.45, 2.75) is 18.2 Å². The van der Waals surface area contributed by atoms with Gasteiger partial charge < -0.3 is 4.84 Å². The zero-order chi connectivity index (χ0) is 10.7. The highest BCUT2D eigenvalue weighted by Gasteiger charge is 2.15. The number of oxime groups is 1. The number of hydrogen-bond acceptors (Lipinski definition) is 4. The predicted molar refractivity (Wildman–Crippen MR) is 60.1 cm³/mol. The van der Waals surface area contributed by atoms with E-state index in [1.54, 1.807) is 11.8 Å². The van der Waals surface area contributed by atoms with Gasteiger partial charge in [0.25, 0.3) is 0 Å². The second-order valence-corrected chi connectivity index (χ2v) is 4.35. The quantitative estimate of drug-likeness (QED) is 0.540. The van der Waals surface area contributed by atoms with Crippen molar-refractivity contribution in [2.24, 2.45) is 5.16 Å². The Bertz CT molecular complexity index is 415. The van der Waals surface area contributed by atoms with E-state index in [9.17, 15) is 4.79 Å². The van der Waals surface area contributed by atoms with Gasteiger partial charge in [-0.3, -0.25) is 0 Å². The molecule has 0 fully saturated rings. The fraction of sp³-hybridized carbons (Fsp3) is 0.273. The van der Waals surface area contributed by atoms with Crippen LogP contribution < -0.4 is 0 Å². The van der Waals surface area contributed by atoms with Crippen LogP contribution in [0.15, 0.2) is 34.3 Å². The zero-order valence-corrected chi connectivity index (χ0v) is 9.21. The van der Waals surface area contributed by atoms with Crippen LogP contribution in [0.4, 0.5) is 0 Å². The van der Waals surface area contributed by atoms with Crippen molar-refractivity contribution in [2.75, 3.05) is 5.75 Å². The Hall–Kier alpha value is -1.29. The van der Waals surface area contributed by atoms with E-state index in [2.05, 4.69) is 16.1 Å². The van der Waals surface area contributed by atoms with E-state index < -0.39 is 0 Å². The number of carbonyl (C=O) groups is 1. The van der Waals surface area contributed by atoms with Crippen molar-refractivity contribution in [1.29, 1.82) is 0 Å². The lowest BCUT2D eigenvalue weighted by Gasteiger charge is -2.15. The lowest BCUT2D eigenvalue weighted by molar-refractivity contribution is -0.140. The molecule has 1 aliphatic heterocycles. The van der Waals surface area contributed by atoms with Crippen LogP contribution in [0, 0.1) is 0 Å². The summed E-state index contributed by atoms with van der Waals surface area (Å²) in [7, 11) is 0. The summed E-state index contributed by atoms with van der Waals surface area (Å²) in [6, 6.07) is 8.03. The molecule has 78 valence electrons. The summed E-state index contributed by atoms with van der Waals surface area (Å²) in [5, 5.41) is 3.88. The molecule has 0 bridgehead atoms. The lowest BCUT2D eigenvalue weighted by Crippen LogP contribution is -2.10. The average molecular weight is 221 g/mol. The minimum Gasteiger partial charge on any atom is -0.318 e. The van der Waals surface area contributed by atoms with Gasteiger partial charge in [-0.05, 0) is 6.07 Å². The summed E-state index contributed by atoms with van der Waals surface area (Å²) in [6.45, 7) is 1.35. The van der Waals surface area contributed by atoms with E-state index in [1.807, 2.05) is 18.2 Å². The lowest BCUT2D eigenvalue weighted by atomic mass is 10.1. The van der Waals surface area contributed by atoms with Gasteiger partial charge in [-0.15, -0.1) is 11.8 Å². The molecule has 0 unspecified atom stereocenters. The highest BCUT2D eigenvalue weighted by Crippen LogP contribution is 2.29. The molecule has 1 aromatic rings. The smallest absolute Gasteiger partial charge is 0.318 e. The number of nitrogens with zero attached hydrogens (tertiary/aromatic N) is 1. The Morgan fingerprint density at radius 1 is 1.47 bits per heavy atom. The van der Waals surface area contributed by atoms with Crippen molar-refractivity contribution < 1.29 is 9.63 Å². The summed E-state index contributed by atoms with van der Waals surface area (Å²) in [6.07, 6.45) is 0.842. The highest BCUT2D eigenvalue weighted by atomic mass is 32.2. The molecule has 0 aliphatic carbocycles. The number of fused-ring (bicyclic) bond motifs is 1. The first kappa shape index (κ1) is 10.2. The third-order valence-electron chi connectivity index (χ3n) is 2.08. The number of hydrogen-bond donors (Lipinski definition) is 0. The van der Waals surface area contributed by atoms with E-state index in [0.717, 1.165) is 23.4 Å². The van der Waals surface area contributed by atoms with Crippen LogP contribution in [0.1, 0.15) is 18.9 Å². The van der Waals surface area contributed by atoms with Crippen LogP contribution in [0.25, 0.3) is 0 Å². The SMILES string of the molecule is CC(=O)ON=C1CCSc2ccccc21. The molecule has 0 atom stereocenters. The first-order valence-electron chi connectivity index (χ1n) is 4.74. The fourth-order valence-electron chi connectivity index (χ4n) is 1.44. The first-order valence-corrected chi connectivity index (χ1v) is 5.72. The molecule has 4 heteroatoms. The van der Waals surface area contributed by atoms with E-state index in [4.69, 9.17) is 0 Å². The Balaban J connectivity index is 2.29. The maximum absolute atomic E-state index is 10.7. The molecule has 3 nitrogen and oxygen atoms in total. The molecule has 1 heterocycles. The van der Waals surface area contributed by atoms with Gasteiger partial charge in [-0.25, -0.2) is 4.79 Å². The summed E-state index contributed by atoms with van der Waals surface area (Å²) < 4.78 is 0. The van der Waals surface area contributed by atoms with Crippen LogP contribution in [-0.4, -0.2) is 17.4 Å². The zero-order valence-electron chi connectivity index (χ0n) is 8.40. The van der Waals surface area contributed by atoms with Crippen molar-refractivity contribution in [3.05, 3.63) is 29.8 Å². The molecule has 0 saturated heterocycles. The van der Waals surface area contributed by atoms with Crippen LogP contribution in [0.2, 0.25) is 0 Å². The monoisotopic (exact) mass is 221 g/mol. The van der Waals surface area contributed by atoms with Gasteiger partial charge in [0.2, 0.25) is 0 Å². The van der Waals surface area contributed by atoms with E-state index in [-0.39, 0.29) is 5.97 Å². The van der Waals surface area contributed by atoms with E-state index >= 15 is 0 Å². The predicted octanol–water partition coefficient (Wildman–Crippen LogP) is 2.45. The van der Waals surface area contributed by atoms with Crippen molar-refractivity contribution in [1.82, 2.24) is 0 Å². The third-order valence-corrected chi connectivity index (χ3v) is 3.15. The topological polar surface area (TPSA) is 38.7 Å². The molecule has 0 radical (unpaired) electrons. The van der Waals surface area contributed by atoms with Gasteiger partial charge >= 0.3 is 5.97 Å². The van der Waals surface area contributed by atoms with Gasteiger partial charge in [-0.1, -0.05) is 23.4 Å². The van der Waals surface area contributed by atoms with Crippen LogP contribution in [0.5, 0.6) is 0 Å².